The van der Waals surface area contributed by atoms with Crippen molar-refractivity contribution in [3.8, 4) is 0 Å². The number of nitrogens with two attached hydrogens (primary N) is 1. The summed E-state index contributed by atoms with van der Waals surface area (Å²) in [5.41, 5.74) is 7.10. The zero-order chi connectivity index (χ0) is 15.6. The van der Waals surface area contributed by atoms with Crippen LogP contribution in [0, 0.1) is 0 Å². The number of rotatable bonds is 6. The van der Waals surface area contributed by atoms with Crippen molar-refractivity contribution < 1.29 is 4.52 Å². The van der Waals surface area contributed by atoms with Crippen molar-refractivity contribution in [3.05, 3.63) is 47.6 Å². The maximum absolute atomic E-state index is 6.32. The fourth-order valence-electron chi connectivity index (χ4n) is 3.06. The van der Waals surface area contributed by atoms with Gasteiger partial charge in [0, 0.05) is 0 Å². The largest absolute Gasteiger partial charge is 0.337 e. The number of nitrogens with zero attached hydrogens (tertiary/aromatic N) is 3. The third kappa shape index (κ3) is 3.42. The molecule has 1 aromatic carbocycles. The molecule has 6 heteroatoms. The van der Waals surface area contributed by atoms with Gasteiger partial charge in [0.15, 0.2) is 5.82 Å². The van der Waals surface area contributed by atoms with E-state index in [9.17, 15) is 0 Å². The summed E-state index contributed by atoms with van der Waals surface area (Å²) in [7, 11) is 0. The number of hydrogen-bond acceptors (Lipinski definition) is 5. The molecule has 1 aromatic heterocycles. The number of halogens is 1. The summed E-state index contributed by atoms with van der Waals surface area (Å²) in [5.74, 6) is 1.29. The Morgan fingerprint density at radius 1 is 1.22 bits per heavy atom. The molecule has 1 heterocycles. The van der Waals surface area contributed by atoms with Gasteiger partial charge in [-0.05, 0) is 37.9 Å². The van der Waals surface area contributed by atoms with Gasteiger partial charge in [-0.2, -0.15) is 4.98 Å². The van der Waals surface area contributed by atoms with Gasteiger partial charge in [-0.25, -0.2) is 0 Å². The number of aromatic nitrogens is 2. The molecule has 1 aliphatic carbocycles. The Bertz CT molecular complexity index is 608. The Labute approximate surface area is 143 Å². The second-order valence-corrected chi connectivity index (χ2v) is 6.00. The molecular formula is C17H25ClN4O. The monoisotopic (exact) mass is 336 g/mol. The summed E-state index contributed by atoms with van der Waals surface area (Å²) in [5, 5.41) is 4.17. The van der Waals surface area contributed by atoms with Crippen molar-refractivity contribution in [3.63, 3.8) is 0 Å². The molecular weight excluding hydrogens is 312 g/mol. The van der Waals surface area contributed by atoms with Crippen LogP contribution in [0.4, 0.5) is 0 Å². The third-order valence-electron chi connectivity index (χ3n) is 4.66. The zero-order valence-electron chi connectivity index (χ0n) is 13.7. The molecule has 0 saturated heterocycles. The molecule has 5 nitrogen and oxygen atoms in total. The van der Waals surface area contributed by atoms with Crippen LogP contribution in [0.5, 0.6) is 0 Å². The minimum absolute atomic E-state index is 0. The van der Waals surface area contributed by atoms with E-state index in [1.54, 1.807) is 0 Å². The maximum Gasteiger partial charge on any atom is 0.248 e. The summed E-state index contributed by atoms with van der Waals surface area (Å²) in [6.07, 6.45) is 3.01. The molecule has 0 amide bonds. The summed E-state index contributed by atoms with van der Waals surface area (Å²) < 4.78 is 5.61. The van der Waals surface area contributed by atoms with Crippen LogP contribution in [0.1, 0.15) is 56.4 Å². The highest BCUT2D eigenvalue weighted by Crippen LogP contribution is 2.38. The van der Waals surface area contributed by atoms with Crippen molar-refractivity contribution in [2.24, 2.45) is 5.73 Å². The average Bonchev–Trinajstić information content (AvgIpc) is 3.00. The normalized spacial score (nSPS) is 17.4. The molecule has 126 valence electrons. The van der Waals surface area contributed by atoms with E-state index < -0.39 is 0 Å². The molecule has 0 spiro atoms. The van der Waals surface area contributed by atoms with Crippen LogP contribution in [0.3, 0.4) is 0 Å². The lowest BCUT2D eigenvalue weighted by atomic mass is 9.77. The first-order chi connectivity index (χ1) is 10.7. The highest BCUT2D eigenvalue weighted by atomic mass is 35.5. The fourth-order valence-corrected chi connectivity index (χ4v) is 3.06. The minimum atomic E-state index is -0.383. The van der Waals surface area contributed by atoms with Gasteiger partial charge < -0.3 is 10.3 Å². The lowest BCUT2D eigenvalue weighted by Gasteiger charge is -2.34. The van der Waals surface area contributed by atoms with Gasteiger partial charge in [0.05, 0.1) is 5.54 Å². The van der Waals surface area contributed by atoms with E-state index in [1.165, 1.54) is 5.56 Å². The molecule has 1 saturated carbocycles. The molecule has 1 aliphatic rings. The van der Waals surface area contributed by atoms with E-state index in [-0.39, 0.29) is 24.0 Å². The summed E-state index contributed by atoms with van der Waals surface area (Å²) in [6, 6.07) is 10.3. The highest BCUT2D eigenvalue weighted by Gasteiger charge is 2.40. The van der Waals surface area contributed by atoms with Gasteiger partial charge >= 0.3 is 0 Å². The van der Waals surface area contributed by atoms with Crippen LogP contribution in [-0.2, 0) is 5.54 Å². The highest BCUT2D eigenvalue weighted by molar-refractivity contribution is 5.85. The summed E-state index contributed by atoms with van der Waals surface area (Å²) >= 11 is 0. The molecule has 23 heavy (non-hydrogen) atoms. The Hall–Kier alpha value is -1.43. The average molecular weight is 337 g/mol. The van der Waals surface area contributed by atoms with Crippen molar-refractivity contribution in [2.75, 3.05) is 13.1 Å². The van der Waals surface area contributed by atoms with Gasteiger partial charge in [-0.1, -0.05) is 49.3 Å². The molecule has 2 aromatic rings. The molecule has 0 bridgehead atoms. The summed E-state index contributed by atoms with van der Waals surface area (Å²) in [6.45, 7) is 6.13. The van der Waals surface area contributed by atoms with Crippen molar-refractivity contribution in [2.45, 2.75) is 44.7 Å². The van der Waals surface area contributed by atoms with E-state index in [4.69, 9.17) is 10.3 Å². The van der Waals surface area contributed by atoms with Crippen molar-refractivity contribution in [1.82, 2.24) is 15.0 Å². The number of hydrogen-bond donors (Lipinski definition) is 1. The molecule has 1 atom stereocenters. The fraction of sp³-hybridized carbons (Fsp3) is 0.529. The first-order valence-electron chi connectivity index (χ1n) is 8.10. The van der Waals surface area contributed by atoms with Crippen LogP contribution in [-0.4, -0.2) is 28.1 Å². The Morgan fingerprint density at radius 3 is 2.39 bits per heavy atom. The van der Waals surface area contributed by atoms with Gasteiger partial charge in [-0.3, -0.25) is 4.90 Å². The first kappa shape index (κ1) is 17.9. The molecule has 0 radical (unpaired) electrons. The van der Waals surface area contributed by atoms with E-state index in [2.05, 4.69) is 41.0 Å². The smallest absolute Gasteiger partial charge is 0.248 e. The predicted molar refractivity (Wildman–Crippen MR) is 92.5 cm³/mol. The third-order valence-corrected chi connectivity index (χ3v) is 4.66. The standard InChI is InChI=1S/C17H24N4O.ClH/c1-3-21(4-2)14(13-9-6-5-7-10-13)15-19-16(20-22-15)17(18)11-8-12-17;/h5-7,9-10,14H,3-4,8,11-12,18H2,1-2H3;1H. The topological polar surface area (TPSA) is 68.2 Å². The Morgan fingerprint density at radius 2 is 1.87 bits per heavy atom. The molecule has 3 rings (SSSR count). The Balaban J connectivity index is 0.00000192. The van der Waals surface area contributed by atoms with Gasteiger partial charge in [0.2, 0.25) is 5.89 Å². The maximum atomic E-state index is 6.32. The minimum Gasteiger partial charge on any atom is -0.337 e. The number of benzene rings is 1. The predicted octanol–water partition coefficient (Wildman–Crippen LogP) is 3.26. The lowest BCUT2D eigenvalue weighted by molar-refractivity contribution is 0.201. The van der Waals surface area contributed by atoms with Crippen LogP contribution < -0.4 is 5.73 Å². The Kier molecular flexibility index (Phi) is 5.79. The molecule has 2 N–H and O–H groups in total. The van der Waals surface area contributed by atoms with Crippen LogP contribution in [0.25, 0.3) is 0 Å². The molecule has 1 unspecified atom stereocenters. The van der Waals surface area contributed by atoms with Crippen LogP contribution in [0.2, 0.25) is 0 Å². The quantitative estimate of drug-likeness (QED) is 0.876. The second-order valence-electron chi connectivity index (χ2n) is 6.00. The van der Waals surface area contributed by atoms with Crippen molar-refractivity contribution in [1.29, 1.82) is 0 Å². The van der Waals surface area contributed by atoms with E-state index in [0.29, 0.717) is 11.7 Å². The van der Waals surface area contributed by atoms with E-state index >= 15 is 0 Å². The van der Waals surface area contributed by atoms with E-state index in [0.717, 1.165) is 32.4 Å². The first-order valence-corrected chi connectivity index (χ1v) is 8.10. The van der Waals surface area contributed by atoms with E-state index in [1.807, 2.05) is 18.2 Å². The van der Waals surface area contributed by atoms with Gasteiger partial charge in [0.1, 0.15) is 6.04 Å². The van der Waals surface area contributed by atoms with Gasteiger partial charge in [-0.15, -0.1) is 12.4 Å². The lowest BCUT2D eigenvalue weighted by Crippen LogP contribution is -2.44. The SMILES string of the molecule is CCN(CC)C(c1ccccc1)c1nc(C2(N)CCC2)no1.Cl. The molecule has 1 fully saturated rings. The van der Waals surface area contributed by atoms with Crippen LogP contribution in [0.15, 0.2) is 34.9 Å². The van der Waals surface area contributed by atoms with Crippen molar-refractivity contribution >= 4 is 12.4 Å². The second kappa shape index (κ2) is 7.43. The zero-order valence-corrected chi connectivity index (χ0v) is 14.6. The van der Waals surface area contributed by atoms with Gasteiger partial charge in [0.25, 0.3) is 0 Å². The summed E-state index contributed by atoms with van der Waals surface area (Å²) in [4.78, 5) is 6.97. The van der Waals surface area contributed by atoms with Crippen LogP contribution >= 0.6 is 12.4 Å². The molecule has 0 aliphatic heterocycles.